The molecule has 2 aromatic rings. The molecular formula is C16H20FN3O. The van der Waals surface area contributed by atoms with Crippen LogP contribution in [-0.2, 0) is 6.42 Å². The summed E-state index contributed by atoms with van der Waals surface area (Å²) in [5.41, 5.74) is 7.37. The van der Waals surface area contributed by atoms with Gasteiger partial charge in [-0.2, -0.15) is 0 Å². The van der Waals surface area contributed by atoms with Gasteiger partial charge in [-0.1, -0.05) is 19.1 Å². The summed E-state index contributed by atoms with van der Waals surface area (Å²) in [7, 11) is 1.52. The molecule has 0 aliphatic heterocycles. The lowest BCUT2D eigenvalue weighted by Crippen LogP contribution is -2.24. The average Bonchev–Trinajstić information content (AvgIpc) is 2.49. The van der Waals surface area contributed by atoms with Crippen LogP contribution in [0.5, 0.6) is 5.75 Å². The standard InChI is InChI=1S/C16H20FN3O/c1-3-19-15(9-11-5-4-8-20-16(11)18)13-7-6-12(21-2)10-14(13)17/h4-8,10,15,19H,3,9H2,1-2H3,(H2,18,20). The predicted octanol–water partition coefficient (Wildman–Crippen LogP) is 2.70. The zero-order valence-corrected chi connectivity index (χ0v) is 12.3. The molecule has 5 heteroatoms. The van der Waals surface area contributed by atoms with Crippen molar-refractivity contribution in [3.8, 4) is 5.75 Å². The number of benzene rings is 1. The minimum Gasteiger partial charge on any atom is -0.497 e. The van der Waals surface area contributed by atoms with Crippen LogP contribution in [0.1, 0.15) is 24.1 Å². The van der Waals surface area contributed by atoms with E-state index < -0.39 is 0 Å². The van der Waals surface area contributed by atoms with Crippen molar-refractivity contribution >= 4 is 5.82 Å². The number of nitrogen functional groups attached to an aromatic ring is 1. The Morgan fingerprint density at radius 1 is 1.38 bits per heavy atom. The molecule has 1 heterocycles. The number of rotatable bonds is 6. The molecule has 112 valence electrons. The summed E-state index contributed by atoms with van der Waals surface area (Å²) in [4.78, 5) is 4.07. The molecule has 0 saturated heterocycles. The number of hydrogen-bond donors (Lipinski definition) is 2. The second-order valence-corrected chi connectivity index (χ2v) is 4.75. The van der Waals surface area contributed by atoms with Gasteiger partial charge in [0.1, 0.15) is 17.4 Å². The first-order valence-corrected chi connectivity index (χ1v) is 6.92. The van der Waals surface area contributed by atoms with E-state index in [4.69, 9.17) is 10.5 Å². The zero-order chi connectivity index (χ0) is 15.2. The molecule has 4 nitrogen and oxygen atoms in total. The summed E-state index contributed by atoms with van der Waals surface area (Å²) in [6, 6.07) is 8.48. The average molecular weight is 289 g/mol. The number of ether oxygens (including phenoxy) is 1. The molecule has 2 rings (SSSR count). The number of nitrogens with zero attached hydrogens (tertiary/aromatic N) is 1. The third-order valence-electron chi connectivity index (χ3n) is 3.38. The first kappa shape index (κ1) is 15.3. The Morgan fingerprint density at radius 2 is 2.19 bits per heavy atom. The van der Waals surface area contributed by atoms with Crippen LogP contribution >= 0.6 is 0 Å². The van der Waals surface area contributed by atoms with Gasteiger partial charge in [-0.25, -0.2) is 9.37 Å². The molecule has 0 radical (unpaired) electrons. The quantitative estimate of drug-likeness (QED) is 0.858. The highest BCUT2D eigenvalue weighted by Gasteiger charge is 2.17. The second-order valence-electron chi connectivity index (χ2n) is 4.75. The monoisotopic (exact) mass is 289 g/mol. The molecule has 0 bridgehead atoms. The third kappa shape index (κ3) is 3.70. The van der Waals surface area contributed by atoms with Crippen LogP contribution in [-0.4, -0.2) is 18.6 Å². The molecule has 0 aliphatic carbocycles. The molecule has 21 heavy (non-hydrogen) atoms. The van der Waals surface area contributed by atoms with Crippen molar-refractivity contribution in [2.45, 2.75) is 19.4 Å². The Hall–Kier alpha value is -2.14. The van der Waals surface area contributed by atoms with Gasteiger partial charge < -0.3 is 15.8 Å². The molecule has 0 spiro atoms. The number of hydrogen-bond acceptors (Lipinski definition) is 4. The van der Waals surface area contributed by atoms with Gasteiger partial charge in [0.2, 0.25) is 0 Å². The highest BCUT2D eigenvalue weighted by Crippen LogP contribution is 2.25. The smallest absolute Gasteiger partial charge is 0.131 e. The van der Waals surface area contributed by atoms with Crippen LogP contribution in [0.25, 0.3) is 0 Å². The van der Waals surface area contributed by atoms with Crippen molar-refractivity contribution in [2.75, 3.05) is 19.4 Å². The Morgan fingerprint density at radius 3 is 2.81 bits per heavy atom. The minimum absolute atomic E-state index is 0.160. The highest BCUT2D eigenvalue weighted by molar-refractivity contribution is 5.40. The van der Waals surface area contributed by atoms with Crippen LogP contribution in [0, 0.1) is 5.82 Å². The van der Waals surface area contributed by atoms with Gasteiger partial charge >= 0.3 is 0 Å². The molecule has 0 saturated carbocycles. The molecule has 1 aromatic carbocycles. The number of nitrogens with one attached hydrogen (secondary N) is 1. The van der Waals surface area contributed by atoms with Crippen LogP contribution < -0.4 is 15.8 Å². The molecule has 0 amide bonds. The number of pyridine rings is 1. The molecule has 3 N–H and O–H groups in total. The predicted molar refractivity (Wildman–Crippen MR) is 81.7 cm³/mol. The second kappa shape index (κ2) is 7.04. The summed E-state index contributed by atoms with van der Waals surface area (Å²) >= 11 is 0. The van der Waals surface area contributed by atoms with Crippen molar-refractivity contribution in [3.63, 3.8) is 0 Å². The van der Waals surface area contributed by atoms with E-state index in [0.717, 1.165) is 12.1 Å². The van der Waals surface area contributed by atoms with E-state index in [1.54, 1.807) is 18.3 Å². The van der Waals surface area contributed by atoms with Gasteiger partial charge in [0.05, 0.1) is 7.11 Å². The van der Waals surface area contributed by atoms with Gasteiger partial charge in [-0.15, -0.1) is 0 Å². The lowest BCUT2D eigenvalue weighted by Gasteiger charge is -2.20. The van der Waals surface area contributed by atoms with Gasteiger partial charge in [-0.05, 0) is 30.7 Å². The molecule has 0 fully saturated rings. The number of halogens is 1. The Labute approximate surface area is 124 Å². The number of aromatic nitrogens is 1. The van der Waals surface area contributed by atoms with E-state index in [0.29, 0.717) is 23.6 Å². The van der Waals surface area contributed by atoms with Gasteiger partial charge in [-0.3, -0.25) is 0 Å². The van der Waals surface area contributed by atoms with Crippen molar-refractivity contribution in [2.24, 2.45) is 0 Å². The van der Waals surface area contributed by atoms with Crippen molar-refractivity contribution in [1.29, 1.82) is 0 Å². The van der Waals surface area contributed by atoms with Gasteiger partial charge in [0, 0.05) is 23.9 Å². The third-order valence-corrected chi connectivity index (χ3v) is 3.38. The lowest BCUT2D eigenvalue weighted by molar-refractivity contribution is 0.409. The van der Waals surface area contributed by atoms with E-state index in [1.807, 2.05) is 19.1 Å². The molecule has 1 unspecified atom stereocenters. The highest BCUT2D eigenvalue weighted by atomic mass is 19.1. The maximum Gasteiger partial charge on any atom is 0.131 e. The Balaban J connectivity index is 2.29. The van der Waals surface area contributed by atoms with Crippen LogP contribution in [0.2, 0.25) is 0 Å². The maximum atomic E-state index is 14.2. The van der Waals surface area contributed by atoms with E-state index in [-0.39, 0.29) is 11.9 Å². The first-order valence-electron chi connectivity index (χ1n) is 6.92. The summed E-state index contributed by atoms with van der Waals surface area (Å²) in [6.07, 6.45) is 2.23. The summed E-state index contributed by atoms with van der Waals surface area (Å²) in [5.74, 6) is 0.699. The fourth-order valence-electron chi connectivity index (χ4n) is 2.30. The Kier molecular flexibility index (Phi) is 5.11. The van der Waals surface area contributed by atoms with Gasteiger partial charge in [0.25, 0.3) is 0 Å². The van der Waals surface area contributed by atoms with E-state index in [2.05, 4.69) is 10.3 Å². The van der Waals surface area contributed by atoms with Gasteiger partial charge in [0.15, 0.2) is 0 Å². The fraction of sp³-hybridized carbons (Fsp3) is 0.312. The Bertz CT molecular complexity index is 604. The van der Waals surface area contributed by atoms with E-state index in [1.165, 1.54) is 13.2 Å². The summed E-state index contributed by atoms with van der Waals surface area (Å²) in [5, 5.41) is 3.29. The number of methoxy groups -OCH3 is 1. The minimum atomic E-state index is -0.289. The summed E-state index contributed by atoms with van der Waals surface area (Å²) < 4.78 is 19.3. The molecule has 1 atom stereocenters. The number of nitrogens with two attached hydrogens (primary N) is 1. The topological polar surface area (TPSA) is 60.2 Å². The van der Waals surface area contributed by atoms with Crippen LogP contribution in [0.15, 0.2) is 36.5 Å². The molecule has 1 aromatic heterocycles. The first-order chi connectivity index (χ1) is 10.2. The zero-order valence-electron chi connectivity index (χ0n) is 12.3. The van der Waals surface area contributed by atoms with Crippen LogP contribution in [0.4, 0.5) is 10.2 Å². The van der Waals surface area contributed by atoms with Crippen LogP contribution in [0.3, 0.4) is 0 Å². The van der Waals surface area contributed by atoms with E-state index in [9.17, 15) is 4.39 Å². The number of likely N-dealkylation sites (N-methyl/N-ethyl adjacent to an activating group) is 1. The maximum absolute atomic E-state index is 14.2. The SMILES string of the molecule is CCNC(Cc1cccnc1N)c1ccc(OC)cc1F. The lowest BCUT2D eigenvalue weighted by atomic mass is 9.98. The van der Waals surface area contributed by atoms with Crippen molar-refractivity contribution < 1.29 is 9.13 Å². The fourth-order valence-corrected chi connectivity index (χ4v) is 2.30. The van der Waals surface area contributed by atoms with Crippen molar-refractivity contribution in [1.82, 2.24) is 10.3 Å². The number of anilines is 1. The normalized spacial score (nSPS) is 12.1. The largest absolute Gasteiger partial charge is 0.497 e. The molecule has 0 aliphatic rings. The summed E-state index contributed by atoms with van der Waals surface area (Å²) in [6.45, 7) is 2.72. The van der Waals surface area contributed by atoms with Crippen molar-refractivity contribution in [3.05, 3.63) is 53.5 Å². The van der Waals surface area contributed by atoms with E-state index >= 15 is 0 Å². The molecular weight excluding hydrogens is 269 g/mol.